The van der Waals surface area contributed by atoms with Crippen LogP contribution in [0.5, 0.6) is 0 Å². The second-order valence-corrected chi connectivity index (χ2v) is 7.31. The molecule has 1 aromatic carbocycles. The summed E-state index contributed by atoms with van der Waals surface area (Å²) in [5, 5.41) is 4.11. The van der Waals surface area contributed by atoms with Crippen molar-refractivity contribution in [3.05, 3.63) is 65.2 Å². The van der Waals surface area contributed by atoms with Crippen LogP contribution >= 0.6 is 22.9 Å². The lowest BCUT2D eigenvalue weighted by atomic mass is 10.1. The smallest absolute Gasteiger partial charge is 0.280 e. The van der Waals surface area contributed by atoms with E-state index in [1.807, 2.05) is 22.9 Å². The molecular formula is C17H15ClN6OS. The number of carbonyl (C=O) groups is 1. The highest BCUT2D eigenvalue weighted by molar-refractivity contribution is 7.20. The first-order chi connectivity index (χ1) is 12.7. The minimum Gasteiger partial charge on any atom is -0.348 e. The van der Waals surface area contributed by atoms with E-state index >= 15 is 0 Å². The van der Waals surface area contributed by atoms with Gasteiger partial charge in [0.15, 0.2) is 5.01 Å². The standard InChI is InChI=1S/C17H15ClN6OS/c18-11-1-2-14-15(5-11)26-17(23-14)16(25)22-13(6-12-7-20-9-21-12)8-24-4-3-19-10-24/h1-5,7,9-10,13H,6,8H2,(H,20,21)(H,22,25). The first-order valence-electron chi connectivity index (χ1n) is 7.97. The Bertz CT molecular complexity index is 975. The largest absolute Gasteiger partial charge is 0.348 e. The van der Waals surface area contributed by atoms with Gasteiger partial charge in [0.2, 0.25) is 0 Å². The van der Waals surface area contributed by atoms with Crippen molar-refractivity contribution in [1.82, 2.24) is 29.8 Å². The number of carbonyl (C=O) groups excluding carboxylic acids is 1. The summed E-state index contributed by atoms with van der Waals surface area (Å²) in [7, 11) is 0. The molecule has 0 saturated heterocycles. The number of aromatic amines is 1. The number of H-pyrrole nitrogens is 1. The number of halogens is 1. The summed E-state index contributed by atoms with van der Waals surface area (Å²) in [5.74, 6) is -0.202. The molecule has 0 radical (unpaired) electrons. The zero-order valence-corrected chi connectivity index (χ0v) is 15.2. The van der Waals surface area contributed by atoms with E-state index in [0.717, 1.165) is 15.9 Å². The van der Waals surface area contributed by atoms with Crippen LogP contribution in [0.2, 0.25) is 5.02 Å². The molecule has 0 bridgehead atoms. The molecule has 9 heteroatoms. The van der Waals surface area contributed by atoms with Crippen molar-refractivity contribution in [2.24, 2.45) is 0 Å². The van der Waals surface area contributed by atoms with Gasteiger partial charge >= 0.3 is 0 Å². The van der Waals surface area contributed by atoms with Crippen molar-refractivity contribution in [1.29, 1.82) is 0 Å². The minimum atomic E-state index is -0.202. The van der Waals surface area contributed by atoms with E-state index < -0.39 is 0 Å². The third kappa shape index (κ3) is 3.76. The quantitative estimate of drug-likeness (QED) is 0.533. The molecule has 3 aromatic heterocycles. The van der Waals surface area contributed by atoms with Gasteiger partial charge in [0, 0.05) is 42.3 Å². The number of nitrogens with zero attached hydrogens (tertiary/aromatic N) is 4. The highest BCUT2D eigenvalue weighted by Gasteiger charge is 2.19. The van der Waals surface area contributed by atoms with Gasteiger partial charge in [-0.2, -0.15) is 0 Å². The number of nitrogens with one attached hydrogen (secondary N) is 2. The van der Waals surface area contributed by atoms with Crippen molar-refractivity contribution in [3.8, 4) is 0 Å². The van der Waals surface area contributed by atoms with Crippen molar-refractivity contribution >= 4 is 39.1 Å². The molecule has 0 fully saturated rings. The highest BCUT2D eigenvalue weighted by Crippen LogP contribution is 2.25. The fraction of sp³-hybridized carbons (Fsp3) is 0.176. The summed E-state index contributed by atoms with van der Waals surface area (Å²) >= 11 is 7.34. The molecule has 2 N–H and O–H groups in total. The van der Waals surface area contributed by atoms with Gasteiger partial charge in [0.25, 0.3) is 5.91 Å². The maximum atomic E-state index is 12.7. The average molecular weight is 387 g/mol. The normalized spacial score (nSPS) is 12.3. The molecular weight excluding hydrogens is 372 g/mol. The zero-order chi connectivity index (χ0) is 17.9. The predicted octanol–water partition coefficient (Wildman–Crippen LogP) is 2.91. The molecule has 132 valence electrons. The van der Waals surface area contributed by atoms with Crippen LogP contribution in [0.15, 0.2) is 49.4 Å². The van der Waals surface area contributed by atoms with E-state index in [1.54, 1.807) is 31.1 Å². The molecule has 1 unspecified atom stereocenters. The Balaban J connectivity index is 1.53. The molecule has 1 atom stereocenters. The van der Waals surface area contributed by atoms with Gasteiger partial charge in [-0.05, 0) is 18.2 Å². The minimum absolute atomic E-state index is 0.132. The van der Waals surface area contributed by atoms with Gasteiger partial charge in [-0.25, -0.2) is 15.0 Å². The summed E-state index contributed by atoms with van der Waals surface area (Å²) in [6.07, 6.45) is 9.32. The Morgan fingerprint density at radius 2 is 2.31 bits per heavy atom. The van der Waals surface area contributed by atoms with Crippen molar-refractivity contribution < 1.29 is 4.79 Å². The summed E-state index contributed by atoms with van der Waals surface area (Å²) in [4.78, 5) is 28.3. The van der Waals surface area contributed by atoms with Crippen LogP contribution in [0.3, 0.4) is 0 Å². The monoisotopic (exact) mass is 386 g/mol. The number of amides is 1. The predicted molar refractivity (Wildman–Crippen MR) is 100 cm³/mol. The summed E-state index contributed by atoms with van der Waals surface area (Å²) < 4.78 is 2.82. The number of hydrogen-bond donors (Lipinski definition) is 2. The first-order valence-corrected chi connectivity index (χ1v) is 9.17. The van der Waals surface area contributed by atoms with Gasteiger partial charge in [0.1, 0.15) is 0 Å². The number of rotatable bonds is 6. The van der Waals surface area contributed by atoms with Crippen LogP contribution in [0.4, 0.5) is 0 Å². The maximum absolute atomic E-state index is 12.7. The number of imidazole rings is 2. The van der Waals surface area contributed by atoms with Crippen molar-refractivity contribution in [2.75, 3.05) is 0 Å². The Labute approximate surface area is 158 Å². The van der Waals surface area contributed by atoms with Crippen LogP contribution in [0.25, 0.3) is 10.2 Å². The van der Waals surface area contributed by atoms with E-state index in [0.29, 0.717) is 23.0 Å². The molecule has 0 aliphatic heterocycles. The van der Waals surface area contributed by atoms with Crippen molar-refractivity contribution in [2.45, 2.75) is 19.0 Å². The maximum Gasteiger partial charge on any atom is 0.280 e. The second-order valence-electron chi connectivity index (χ2n) is 5.84. The van der Waals surface area contributed by atoms with Crippen LogP contribution in [-0.4, -0.2) is 36.5 Å². The Kier molecular flexibility index (Phi) is 4.68. The molecule has 4 rings (SSSR count). The number of fused-ring (bicyclic) bond motifs is 1. The van der Waals surface area contributed by atoms with E-state index in [4.69, 9.17) is 11.6 Å². The first kappa shape index (κ1) is 16.7. The molecule has 3 heterocycles. The van der Waals surface area contributed by atoms with Crippen LogP contribution in [-0.2, 0) is 13.0 Å². The third-order valence-electron chi connectivity index (χ3n) is 3.89. The summed E-state index contributed by atoms with van der Waals surface area (Å²) in [6.45, 7) is 0.599. The van der Waals surface area contributed by atoms with E-state index in [1.165, 1.54) is 11.3 Å². The Morgan fingerprint density at radius 3 is 3.08 bits per heavy atom. The molecule has 7 nitrogen and oxygen atoms in total. The molecule has 26 heavy (non-hydrogen) atoms. The Hall–Kier alpha value is -2.71. The molecule has 0 aliphatic rings. The summed E-state index contributed by atoms with van der Waals surface area (Å²) in [5.41, 5.74) is 1.72. The van der Waals surface area contributed by atoms with Gasteiger partial charge in [-0.15, -0.1) is 11.3 Å². The second kappa shape index (κ2) is 7.27. The molecule has 0 spiro atoms. The molecule has 1 amide bonds. The third-order valence-corrected chi connectivity index (χ3v) is 5.14. The van der Waals surface area contributed by atoms with E-state index in [2.05, 4.69) is 25.3 Å². The highest BCUT2D eigenvalue weighted by atomic mass is 35.5. The number of hydrogen-bond acceptors (Lipinski definition) is 5. The fourth-order valence-corrected chi connectivity index (χ4v) is 3.86. The van der Waals surface area contributed by atoms with Crippen molar-refractivity contribution in [3.63, 3.8) is 0 Å². The van der Waals surface area contributed by atoms with Crippen LogP contribution in [0, 0.1) is 0 Å². The molecule has 0 saturated carbocycles. The van der Waals surface area contributed by atoms with E-state index in [9.17, 15) is 4.79 Å². The SMILES string of the molecule is O=C(NC(Cc1cnc[nH]1)Cn1ccnc1)c1nc2ccc(Cl)cc2s1. The Morgan fingerprint density at radius 1 is 1.38 bits per heavy atom. The zero-order valence-electron chi connectivity index (χ0n) is 13.6. The molecule has 4 aromatic rings. The number of thiazole rings is 1. The number of benzene rings is 1. The topological polar surface area (TPSA) is 88.5 Å². The lowest BCUT2D eigenvalue weighted by molar-refractivity contribution is 0.0932. The van der Waals surface area contributed by atoms with Crippen LogP contribution < -0.4 is 5.32 Å². The van der Waals surface area contributed by atoms with E-state index in [-0.39, 0.29) is 11.9 Å². The van der Waals surface area contributed by atoms with Gasteiger partial charge < -0.3 is 14.9 Å². The summed E-state index contributed by atoms with van der Waals surface area (Å²) in [6, 6.07) is 5.27. The van der Waals surface area contributed by atoms with Gasteiger partial charge in [0.05, 0.1) is 28.9 Å². The lowest BCUT2D eigenvalue weighted by Gasteiger charge is -2.18. The number of aromatic nitrogens is 5. The fourth-order valence-electron chi connectivity index (χ4n) is 2.71. The average Bonchev–Trinajstić information content (AvgIpc) is 3.35. The van der Waals surface area contributed by atoms with Crippen LogP contribution in [0.1, 0.15) is 15.5 Å². The van der Waals surface area contributed by atoms with Gasteiger partial charge in [-0.1, -0.05) is 11.6 Å². The lowest BCUT2D eigenvalue weighted by Crippen LogP contribution is -2.39. The van der Waals surface area contributed by atoms with Gasteiger partial charge in [-0.3, -0.25) is 4.79 Å². The molecule has 0 aliphatic carbocycles.